The number of alkyl halides is 2. The van der Waals surface area contributed by atoms with Crippen molar-refractivity contribution in [3.8, 4) is 5.75 Å². The Morgan fingerprint density at radius 1 is 1.38 bits per heavy atom. The molecule has 5 nitrogen and oxygen atoms in total. The van der Waals surface area contributed by atoms with Crippen molar-refractivity contribution in [1.82, 2.24) is 10.2 Å². The van der Waals surface area contributed by atoms with Crippen LogP contribution < -0.4 is 10.1 Å². The SMILES string of the molecule is O=C(NCCSCc1ccco1)C1CN1Cc1cccc(OC(F)F)c1. The zero-order valence-electron chi connectivity index (χ0n) is 14.1. The molecular formula is C18H20F2N2O3S. The average molecular weight is 382 g/mol. The Morgan fingerprint density at radius 2 is 2.27 bits per heavy atom. The van der Waals surface area contributed by atoms with Crippen molar-refractivity contribution in [3.63, 3.8) is 0 Å². The summed E-state index contributed by atoms with van der Waals surface area (Å²) in [7, 11) is 0. The molecule has 8 heteroatoms. The maximum atomic E-state index is 12.3. The van der Waals surface area contributed by atoms with Gasteiger partial charge in [-0.05, 0) is 29.8 Å². The van der Waals surface area contributed by atoms with E-state index in [9.17, 15) is 13.6 Å². The lowest BCUT2D eigenvalue weighted by Gasteiger charge is -2.08. The number of rotatable bonds is 10. The van der Waals surface area contributed by atoms with Crippen molar-refractivity contribution in [1.29, 1.82) is 0 Å². The summed E-state index contributed by atoms with van der Waals surface area (Å²) in [6.45, 7) is -1.03. The fourth-order valence-corrected chi connectivity index (χ4v) is 3.34. The van der Waals surface area contributed by atoms with E-state index in [1.807, 2.05) is 23.1 Å². The van der Waals surface area contributed by atoms with E-state index in [-0.39, 0.29) is 17.7 Å². The smallest absolute Gasteiger partial charge is 0.387 e. The van der Waals surface area contributed by atoms with E-state index in [1.54, 1.807) is 30.2 Å². The Hall–Kier alpha value is -2.06. The van der Waals surface area contributed by atoms with Gasteiger partial charge in [0.15, 0.2) is 0 Å². The molecule has 2 aromatic rings. The van der Waals surface area contributed by atoms with Gasteiger partial charge in [-0.1, -0.05) is 12.1 Å². The predicted octanol–water partition coefficient (Wildman–Crippen LogP) is 3.11. The fourth-order valence-electron chi connectivity index (χ4n) is 2.58. The molecule has 0 bridgehead atoms. The van der Waals surface area contributed by atoms with Gasteiger partial charge in [-0.3, -0.25) is 9.69 Å². The Bertz CT molecular complexity index is 712. The van der Waals surface area contributed by atoms with E-state index in [0.29, 0.717) is 19.6 Å². The number of furan rings is 1. The van der Waals surface area contributed by atoms with Gasteiger partial charge in [0.1, 0.15) is 17.6 Å². The zero-order valence-corrected chi connectivity index (χ0v) is 14.9. The van der Waals surface area contributed by atoms with Crippen molar-refractivity contribution in [3.05, 3.63) is 54.0 Å². The van der Waals surface area contributed by atoms with E-state index in [2.05, 4.69) is 10.1 Å². The Kier molecular flexibility index (Phi) is 6.51. The van der Waals surface area contributed by atoms with Crippen LogP contribution in [0.2, 0.25) is 0 Å². The van der Waals surface area contributed by atoms with Crippen LogP contribution in [0, 0.1) is 0 Å². The summed E-state index contributed by atoms with van der Waals surface area (Å²) in [5, 5.41) is 2.92. The Balaban J connectivity index is 1.33. The van der Waals surface area contributed by atoms with Gasteiger partial charge in [-0.25, -0.2) is 0 Å². The molecule has 1 saturated heterocycles. The second-order valence-corrected chi connectivity index (χ2v) is 7.00. The van der Waals surface area contributed by atoms with E-state index in [4.69, 9.17) is 4.42 Å². The monoisotopic (exact) mass is 382 g/mol. The van der Waals surface area contributed by atoms with Crippen LogP contribution in [0.15, 0.2) is 47.1 Å². The van der Waals surface area contributed by atoms with Gasteiger partial charge in [0.2, 0.25) is 5.91 Å². The van der Waals surface area contributed by atoms with Gasteiger partial charge in [-0.15, -0.1) is 0 Å². The van der Waals surface area contributed by atoms with Gasteiger partial charge in [0, 0.05) is 25.4 Å². The van der Waals surface area contributed by atoms with Crippen molar-refractivity contribution < 1.29 is 22.7 Å². The van der Waals surface area contributed by atoms with Crippen molar-refractivity contribution in [2.75, 3.05) is 18.8 Å². The molecule has 2 unspecified atom stereocenters. The maximum absolute atomic E-state index is 12.3. The zero-order chi connectivity index (χ0) is 18.4. The van der Waals surface area contributed by atoms with Crippen LogP contribution in [0.5, 0.6) is 5.75 Å². The number of nitrogens with zero attached hydrogens (tertiary/aromatic N) is 1. The van der Waals surface area contributed by atoms with E-state index in [1.165, 1.54) is 6.07 Å². The molecule has 1 aromatic heterocycles. The van der Waals surface area contributed by atoms with Crippen LogP contribution >= 0.6 is 11.8 Å². The highest BCUT2D eigenvalue weighted by atomic mass is 32.2. The summed E-state index contributed by atoms with van der Waals surface area (Å²) >= 11 is 1.70. The van der Waals surface area contributed by atoms with Crippen LogP contribution in [0.25, 0.3) is 0 Å². The van der Waals surface area contributed by atoms with Crippen LogP contribution in [-0.2, 0) is 17.1 Å². The molecule has 2 atom stereocenters. The third-order valence-electron chi connectivity index (χ3n) is 3.90. The number of carbonyl (C=O) groups is 1. The quantitative estimate of drug-likeness (QED) is 0.506. The number of amides is 1. The maximum Gasteiger partial charge on any atom is 0.387 e. The lowest BCUT2D eigenvalue weighted by atomic mass is 10.2. The molecule has 1 amide bonds. The number of nitrogens with one attached hydrogen (secondary N) is 1. The first-order chi connectivity index (χ1) is 12.6. The molecule has 0 radical (unpaired) electrons. The highest BCUT2D eigenvalue weighted by Crippen LogP contribution is 2.24. The van der Waals surface area contributed by atoms with Gasteiger partial charge < -0.3 is 14.5 Å². The molecule has 2 heterocycles. The number of carbonyl (C=O) groups excluding carboxylic acids is 1. The lowest BCUT2D eigenvalue weighted by molar-refractivity contribution is -0.121. The first-order valence-corrected chi connectivity index (χ1v) is 9.43. The number of hydrogen-bond acceptors (Lipinski definition) is 5. The number of thioether (sulfide) groups is 1. The number of benzene rings is 1. The minimum atomic E-state index is -2.84. The van der Waals surface area contributed by atoms with Crippen molar-refractivity contribution in [2.24, 2.45) is 0 Å². The number of hydrogen-bond donors (Lipinski definition) is 1. The molecule has 0 saturated carbocycles. The summed E-state index contributed by atoms with van der Waals surface area (Å²) < 4.78 is 34.1. The molecule has 0 aliphatic carbocycles. The highest BCUT2D eigenvalue weighted by molar-refractivity contribution is 7.98. The number of halogens is 2. The van der Waals surface area contributed by atoms with E-state index in [0.717, 1.165) is 22.8 Å². The third kappa shape index (κ3) is 5.74. The lowest BCUT2D eigenvalue weighted by Crippen LogP contribution is -2.31. The van der Waals surface area contributed by atoms with Crippen molar-refractivity contribution >= 4 is 17.7 Å². The summed E-state index contributed by atoms with van der Waals surface area (Å²) in [4.78, 5) is 14.1. The van der Waals surface area contributed by atoms with Gasteiger partial charge in [0.05, 0.1) is 12.0 Å². The van der Waals surface area contributed by atoms with Crippen molar-refractivity contribution in [2.45, 2.75) is 25.0 Å². The third-order valence-corrected chi connectivity index (χ3v) is 4.88. The first kappa shape index (κ1) is 18.7. The minimum absolute atomic E-state index is 0.00332. The summed E-state index contributed by atoms with van der Waals surface area (Å²) in [6, 6.07) is 10.2. The number of ether oxygens (including phenoxy) is 1. The molecular weight excluding hydrogens is 362 g/mol. The second kappa shape index (κ2) is 9.05. The normalized spacial score (nSPS) is 18.7. The highest BCUT2D eigenvalue weighted by Gasteiger charge is 2.39. The Labute approximate surface area is 154 Å². The molecule has 1 N–H and O–H groups in total. The molecule has 1 aliphatic heterocycles. The molecule has 3 rings (SSSR count). The Morgan fingerprint density at radius 3 is 3.04 bits per heavy atom. The fraction of sp³-hybridized carbons (Fsp3) is 0.389. The van der Waals surface area contributed by atoms with E-state index < -0.39 is 6.61 Å². The average Bonchev–Trinajstić information content (AvgIpc) is 3.16. The van der Waals surface area contributed by atoms with Crippen LogP contribution in [0.4, 0.5) is 8.78 Å². The van der Waals surface area contributed by atoms with Crippen LogP contribution in [0.3, 0.4) is 0 Å². The van der Waals surface area contributed by atoms with Crippen LogP contribution in [0.1, 0.15) is 11.3 Å². The minimum Gasteiger partial charge on any atom is -0.468 e. The molecule has 1 aliphatic rings. The molecule has 1 fully saturated rings. The molecule has 26 heavy (non-hydrogen) atoms. The van der Waals surface area contributed by atoms with Crippen LogP contribution in [-0.4, -0.2) is 42.3 Å². The predicted molar refractivity (Wildman–Crippen MR) is 95.2 cm³/mol. The first-order valence-electron chi connectivity index (χ1n) is 8.27. The summed E-state index contributed by atoms with van der Waals surface area (Å²) in [5.74, 6) is 2.66. The second-order valence-electron chi connectivity index (χ2n) is 5.89. The van der Waals surface area contributed by atoms with E-state index >= 15 is 0 Å². The largest absolute Gasteiger partial charge is 0.468 e. The summed E-state index contributed by atoms with van der Waals surface area (Å²) in [5.41, 5.74) is 0.840. The molecule has 140 valence electrons. The molecule has 1 aromatic carbocycles. The van der Waals surface area contributed by atoms with Gasteiger partial charge in [0.25, 0.3) is 0 Å². The van der Waals surface area contributed by atoms with Gasteiger partial charge >= 0.3 is 6.61 Å². The van der Waals surface area contributed by atoms with Gasteiger partial charge in [-0.2, -0.15) is 20.5 Å². The standard InChI is InChI=1S/C18H20F2N2O3S/c19-18(20)25-14-4-1-3-13(9-14)10-22-11-16(22)17(23)21-6-8-26-12-15-5-2-7-24-15/h1-5,7,9,16,18H,6,8,10-12H2,(H,21,23). The molecule has 0 spiro atoms. The summed E-state index contributed by atoms with van der Waals surface area (Å²) in [6.07, 6.45) is 1.65. The topological polar surface area (TPSA) is 54.5 Å².